The zero-order chi connectivity index (χ0) is 21.8. The minimum absolute atomic E-state index is 0.0164. The van der Waals surface area contributed by atoms with Crippen molar-refractivity contribution >= 4 is 12.0 Å². The van der Waals surface area contributed by atoms with Gasteiger partial charge >= 0.3 is 6.09 Å². The molecule has 0 aromatic heterocycles. The highest BCUT2D eigenvalue weighted by molar-refractivity contribution is 5.97. The predicted octanol–water partition coefficient (Wildman–Crippen LogP) is 2.76. The van der Waals surface area contributed by atoms with Crippen molar-refractivity contribution < 1.29 is 28.9 Å². The zero-order valence-electron chi connectivity index (χ0n) is 16.5. The fourth-order valence-electron chi connectivity index (χ4n) is 3.64. The monoisotopic (exact) mass is 424 g/mol. The smallest absolute Gasteiger partial charge is 0.416 e. The Morgan fingerprint density at radius 3 is 2.65 bits per heavy atom. The van der Waals surface area contributed by atoms with Crippen LogP contribution in [0.15, 0.2) is 53.6 Å². The molecule has 0 radical (unpaired) electrons. The predicted molar refractivity (Wildman–Crippen MR) is 107 cm³/mol. The van der Waals surface area contributed by atoms with Gasteiger partial charge in [0.25, 0.3) is 0 Å². The number of ether oxygens (including phenoxy) is 3. The normalized spacial score (nSPS) is 19.2. The van der Waals surface area contributed by atoms with Crippen molar-refractivity contribution in [3.8, 4) is 11.5 Å². The lowest BCUT2D eigenvalue weighted by molar-refractivity contribution is -0.133. The van der Waals surface area contributed by atoms with Crippen LogP contribution in [0.3, 0.4) is 0 Å². The molecule has 0 saturated carbocycles. The molecule has 1 N–H and O–H groups in total. The summed E-state index contributed by atoms with van der Waals surface area (Å²) >= 11 is 0. The van der Waals surface area contributed by atoms with Crippen LogP contribution in [-0.4, -0.2) is 53.9 Å². The third kappa shape index (κ3) is 4.25. The minimum atomic E-state index is -1.56. The number of benzene rings is 2. The molecule has 31 heavy (non-hydrogen) atoms. The second kappa shape index (κ2) is 8.95. The lowest BCUT2D eigenvalue weighted by atomic mass is 9.99. The van der Waals surface area contributed by atoms with E-state index >= 15 is 0 Å². The van der Waals surface area contributed by atoms with Gasteiger partial charge in [0.1, 0.15) is 25.9 Å². The molecule has 2 aromatic carbocycles. The Hall–Kier alpha value is -3.75. The highest BCUT2D eigenvalue weighted by Gasteiger charge is 2.43. The molecule has 2 aromatic rings. The lowest BCUT2D eigenvalue weighted by Crippen LogP contribution is -2.46. The fraction of sp³-hybridized carbons (Fsp3) is 0.333. The molecule has 0 bridgehead atoms. The van der Waals surface area contributed by atoms with E-state index in [9.17, 15) is 14.7 Å². The molecule has 4 rings (SSSR count). The highest BCUT2D eigenvalue weighted by Crippen LogP contribution is 2.34. The van der Waals surface area contributed by atoms with Gasteiger partial charge in [0.2, 0.25) is 5.91 Å². The van der Waals surface area contributed by atoms with E-state index in [2.05, 4.69) is 10.0 Å². The SMILES string of the molecule is [N-]=[N+]=N[C@H](C(=O)N1C(=O)OC[C@@H]1Cc1ccccc1)[C@H](O)c1ccc2c(c1)OCCO2. The summed E-state index contributed by atoms with van der Waals surface area (Å²) in [7, 11) is 0. The van der Waals surface area contributed by atoms with Gasteiger partial charge in [0, 0.05) is 4.91 Å². The summed E-state index contributed by atoms with van der Waals surface area (Å²) in [5, 5.41) is 14.3. The number of hydrogen-bond acceptors (Lipinski definition) is 7. The van der Waals surface area contributed by atoms with Gasteiger partial charge in [-0.15, -0.1) is 0 Å². The summed E-state index contributed by atoms with van der Waals surface area (Å²) in [4.78, 5) is 29.1. The van der Waals surface area contributed by atoms with Crippen LogP contribution in [0.25, 0.3) is 10.4 Å². The van der Waals surface area contributed by atoms with E-state index in [1.54, 1.807) is 12.1 Å². The first-order valence-corrected chi connectivity index (χ1v) is 9.74. The van der Waals surface area contributed by atoms with Gasteiger partial charge in [0.15, 0.2) is 11.5 Å². The van der Waals surface area contributed by atoms with Crippen LogP contribution in [0, 0.1) is 0 Å². The molecule has 10 nitrogen and oxygen atoms in total. The minimum Gasteiger partial charge on any atom is -0.486 e. The number of hydrogen-bond donors (Lipinski definition) is 1. The van der Waals surface area contributed by atoms with Crippen molar-refractivity contribution in [3.05, 3.63) is 70.1 Å². The molecule has 0 spiro atoms. The average Bonchev–Trinajstić information content (AvgIpc) is 3.16. The molecule has 1 saturated heterocycles. The van der Waals surface area contributed by atoms with E-state index in [0.717, 1.165) is 10.5 Å². The second-order valence-corrected chi connectivity index (χ2v) is 7.13. The highest BCUT2D eigenvalue weighted by atomic mass is 16.6. The molecule has 10 heteroatoms. The Labute approximate surface area is 177 Å². The van der Waals surface area contributed by atoms with Crippen molar-refractivity contribution in [1.29, 1.82) is 0 Å². The molecule has 160 valence electrons. The first-order chi connectivity index (χ1) is 15.1. The zero-order valence-corrected chi connectivity index (χ0v) is 16.5. The van der Waals surface area contributed by atoms with Crippen molar-refractivity contribution in [1.82, 2.24) is 4.90 Å². The number of carbonyl (C=O) groups is 2. The number of imide groups is 1. The molecule has 2 aliphatic rings. The number of fused-ring (bicyclic) bond motifs is 1. The van der Waals surface area contributed by atoms with Crippen LogP contribution in [0.1, 0.15) is 17.2 Å². The number of cyclic esters (lactones) is 1. The molecule has 2 heterocycles. The summed E-state index contributed by atoms with van der Waals surface area (Å²) in [5.41, 5.74) is 10.2. The summed E-state index contributed by atoms with van der Waals surface area (Å²) in [6, 6.07) is 11.9. The molecular weight excluding hydrogens is 404 g/mol. The number of nitrogens with zero attached hydrogens (tertiary/aromatic N) is 4. The van der Waals surface area contributed by atoms with Gasteiger partial charge in [-0.3, -0.25) is 4.79 Å². The van der Waals surface area contributed by atoms with Crippen LogP contribution >= 0.6 is 0 Å². The lowest BCUT2D eigenvalue weighted by Gasteiger charge is -2.26. The van der Waals surface area contributed by atoms with Crippen molar-refractivity contribution in [3.63, 3.8) is 0 Å². The van der Waals surface area contributed by atoms with Crippen molar-refractivity contribution in [2.24, 2.45) is 5.11 Å². The average molecular weight is 424 g/mol. The second-order valence-electron chi connectivity index (χ2n) is 7.13. The van der Waals surface area contributed by atoms with Crippen LogP contribution < -0.4 is 9.47 Å². The fourth-order valence-corrected chi connectivity index (χ4v) is 3.64. The summed E-state index contributed by atoms with van der Waals surface area (Å²) in [5.74, 6) is 0.0981. The topological polar surface area (TPSA) is 134 Å². The van der Waals surface area contributed by atoms with E-state index in [1.165, 1.54) is 6.07 Å². The molecular formula is C21H20N4O6. The quantitative estimate of drug-likeness (QED) is 0.430. The third-order valence-corrected chi connectivity index (χ3v) is 5.15. The van der Waals surface area contributed by atoms with E-state index in [4.69, 9.17) is 19.7 Å². The maximum Gasteiger partial charge on any atom is 0.416 e. The molecule has 2 amide bonds. The Morgan fingerprint density at radius 2 is 1.90 bits per heavy atom. The summed E-state index contributed by atoms with van der Waals surface area (Å²) in [6.45, 7) is 0.781. The number of rotatable bonds is 6. The van der Waals surface area contributed by atoms with Crippen molar-refractivity contribution in [2.75, 3.05) is 19.8 Å². The first kappa shape index (κ1) is 20.5. The van der Waals surface area contributed by atoms with Crippen LogP contribution in [0.4, 0.5) is 4.79 Å². The van der Waals surface area contributed by atoms with Crippen LogP contribution in [0.5, 0.6) is 11.5 Å². The van der Waals surface area contributed by atoms with Gasteiger partial charge in [-0.2, -0.15) is 0 Å². The summed E-state index contributed by atoms with van der Waals surface area (Å²) in [6.07, 6.45) is -1.95. The Kier molecular flexibility index (Phi) is 5.92. The number of azide groups is 1. The summed E-state index contributed by atoms with van der Waals surface area (Å²) < 4.78 is 16.0. The third-order valence-electron chi connectivity index (χ3n) is 5.15. The van der Waals surface area contributed by atoms with E-state index in [0.29, 0.717) is 36.7 Å². The largest absolute Gasteiger partial charge is 0.486 e. The number of carbonyl (C=O) groups excluding carboxylic acids is 2. The Morgan fingerprint density at radius 1 is 1.16 bits per heavy atom. The van der Waals surface area contributed by atoms with E-state index in [-0.39, 0.29) is 6.61 Å². The van der Waals surface area contributed by atoms with E-state index < -0.39 is 30.2 Å². The van der Waals surface area contributed by atoms with Gasteiger partial charge in [-0.1, -0.05) is 41.5 Å². The molecule has 0 aliphatic carbocycles. The number of amides is 2. The van der Waals surface area contributed by atoms with Gasteiger partial charge in [0.05, 0.1) is 12.1 Å². The number of aliphatic hydroxyl groups excluding tert-OH is 1. The Bertz CT molecular complexity index is 1020. The van der Waals surface area contributed by atoms with Gasteiger partial charge < -0.3 is 19.3 Å². The number of aliphatic hydroxyl groups is 1. The first-order valence-electron chi connectivity index (χ1n) is 9.74. The van der Waals surface area contributed by atoms with Gasteiger partial charge in [-0.25, -0.2) is 9.69 Å². The molecule has 2 aliphatic heterocycles. The standard InChI is InChI=1S/C21H20N4O6/c22-24-23-18(19(26)14-6-7-16-17(11-14)30-9-8-29-16)20(27)25-15(12-31-21(25)28)10-13-4-2-1-3-5-13/h1-7,11,15,18-19,26H,8-10,12H2/t15-,18-,19+/m0/s1. The van der Waals surface area contributed by atoms with Crippen molar-refractivity contribution in [2.45, 2.75) is 24.6 Å². The van der Waals surface area contributed by atoms with Gasteiger partial charge in [-0.05, 0) is 35.2 Å². The van der Waals surface area contributed by atoms with Crippen LogP contribution in [-0.2, 0) is 16.0 Å². The maximum atomic E-state index is 13.2. The van der Waals surface area contributed by atoms with E-state index in [1.807, 2.05) is 30.3 Å². The van der Waals surface area contributed by atoms with Crippen LogP contribution in [0.2, 0.25) is 0 Å². The maximum absolute atomic E-state index is 13.2. The molecule has 1 fully saturated rings. The molecule has 3 atom stereocenters. The molecule has 0 unspecified atom stereocenters. The Balaban J connectivity index is 1.58.